The molecule has 0 aliphatic carbocycles. The molecule has 0 amide bonds. The molecule has 0 bridgehead atoms. The van der Waals surface area contributed by atoms with Crippen molar-refractivity contribution in [2.24, 2.45) is 0 Å². The average molecular weight is 256 g/mol. The predicted molar refractivity (Wildman–Crippen MR) is 65.8 cm³/mol. The number of hydrogen-bond acceptors (Lipinski definition) is 6. The first-order valence-corrected chi connectivity index (χ1v) is 5.83. The molecule has 2 atom stereocenters. The van der Waals surface area contributed by atoms with Gasteiger partial charge in [-0.2, -0.15) is 4.98 Å². The molecule has 0 spiro atoms. The monoisotopic (exact) mass is 256 g/mol. The van der Waals surface area contributed by atoms with Crippen molar-refractivity contribution in [2.75, 3.05) is 21.3 Å². The van der Waals surface area contributed by atoms with Gasteiger partial charge in [0.2, 0.25) is 11.8 Å². The van der Waals surface area contributed by atoms with Gasteiger partial charge in [-0.05, 0) is 6.42 Å². The lowest BCUT2D eigenvalue weighted by Crippen LogP contribution is -2.22. The van der Waals surface area contributed by atoms with Crippen molar-refractivity contribution in [3.8, 4) is 11.8 Å². The highest BCUT2D eigenvalue weighted by Crippen LogP contribution is 2.28. The summed E-state index contributed by atoms with van der Waals surface area (Å²) in [5.74, 6) is 0.590. The molecular weight excluding hydrogens is 236 g/mol. The topological polar surface area (TPSA) is 73.7 Å². The molecule has 0 aliphatic rings. The zero-order chi connectivity index (χ0) is 13.5. The minimum atomic E-state index is -0.872. The summed E-state index contributed by atoms with van der Waals surface area (Å²) in [6.07, 6.45) is 1.88. The molecule has 1 N–H and O–H groups in total. The standard InChI is InChI=1S/C12H20N2O4/c1-5-6-8(16-2)11(15)10-12(18-4)14-9(17-3)7-13-10/h7-8,11,15H,5-6H2,1-4H3. The molecule has 1 rings (SSSR count). The third kappa shape index (κ3) is 3.30. The Morgan fingerprint density at radius 2 is 2.00 bits per heavy atom. The van der Waals surface area contributed by atoms with Gasteiger partial charge in [-0.1, -0.05) is 13.3 Å². The smallest absolute Gasteiger partial charge is 0.241 e. The summed E-state index contributed by atoms with van der Waals surface area (Å²) in [6, 6.07) is 0. The molecule has 2 unspecified atom stereocenters. The first-order valence-electron chi connectivity index (χ1n) is 5.83. The molecule has 1 aromatic rings. The normalized spacial score (nSPS) is 14.1. The lowest BCUT2D eigenvalue weighted by atomic mass is 10.1. The van der Waals surface area contributed by atoms with Crippen LogP contribution in [0.2, 0.25) is 0 Å². The fourth-order valence-electron chi connectivity index (χ4n) is 1.68. The largest absolute Gasteiger partial charge is 0.480 e. The van der Waals surface area contributed by atoms with Gasteiger partial charge in [0.15, 0.2) is 0 Å². The van der Waals surface area contributed by atoms with Gasteiger partial charge in [0.05, 0.1) is 26.5 Å². The van der Waals surface area contributed by atoms with Gasteiger partial charge in [-0.25, -0.2) is 4.98 Å². The Bertz CT molecular complexity index is 373. The van der Waals surface area contributed by atoms with Gasteiger partial charge in [-0.15, -0.1) is 0 Å². The van der Waals surface area contributed by atoms with Gasteiger partial charge in [0, 0.05) is 7.11 Å². The van der Waals surface area contributed by atoms with E-state index in [9.17, 15) is 5.11 Å². The first-order chi connectivity index (χ1) is 8.67. The molecule has 18 heavy (non-hydrogen) atoms. The molecular formula is C12H20N2O4. The van der Waals surface area contributed by atoms with Crippen molar-refractivity contribution in [1.29, 1.82) is 0 Å². The zero-order valence-electron chi connectivity index (χ0n) is 11.2. The number of rotatable bonds is 7. The molecule has 0 aromatic carbocycles. The van der Waals surface area contributed by atoms with Gasteiger partial charge >= 0.3 is 0 Å². The number of aliphatic hydroxyl groups is 1. The zero-order valence-corrected chi connectivity index (χ0v) is 11.2. The van der Waals surface area contributed by atoms with Crippen molar-refractivity contribution in [2.45, 2.75) is 32.0 Å². The van der Waals surface area contributed by atoms with Crippen LogP contribution in [0.5, 0.6) is 11.8 Å². The lowest BCUT2D eigenvalue weighted by Gasteiger charge is -2.21. The maximum atomic E-state index is 10.2. The number of aliphatic hydroxyl groups excluding tert-OH is 1. The van der Waals surface area contributed by atoms with Crippen LogP contribution in [0.15, 0.2) is 6.20 Å². The van der Waals surface area contributed by atoms with Crippen molar-refractivity contribution < 1.29 is 19.3 Å². The Labute approximate surface area is 107 Å². The van der Waals surface area contributed by atoms with Crippen LogP contribution in [-0.4, -0.2) is 42.5 Å². The fourth-order valence-corrected chi connectivity index (χ4v) is 1.68. The predicted octanol–water partition coefficient (Wildman–Crippen LogP) is 1.34. The van der Waals surface area contributed by atoms with Crippen molar-refractivity contribution in [3.05, 3.63) is 11.9 Å². The molecule has 1 aromatic heterocycles. The van der Waals surface area contributed by atoms with Crippen molar-refractivity contribution in [3.63, 3.8) is 0 Å². The van der Waals surface area contributed by atoms with E-state index in [0.717, 1.165) is 12.8 Å². The Morgan fingerprint density at radius 3 is 2.50 bits per heavy atom. The minimum Gasteiger partial charge on any atom is -0.480 e. The maximum Gasteiger partial charge on any atom is 0.241 e. The number of ether oxygens (including phenoxy) is 3. The number of nitrogens with zero attached hydrogens (tertiary/aromatic N) is 2. The highest BCUT2D eigenvalue weighted by atomic mass is 16.5. The van der Waals surface area contributed by atoms with Crippen molar-refractivity contribution in [1.82, 2.24) is 9.97 Å². The second kappa shape index (κ2) is 7.13. The Morgan fingerprint density at radius 1 is 1.28 bits per heavy atom. The summed E-state index contributed by atoms with van der Waals surface area (Å²) in [6.45, 7) is 2.02. The summed E-state index contributed by atoms with van der Waals surface area (Å²) in [5, 5.41) is 10.2. The maximum absolute atomic E-state index is 10.2. The molecule has 0 aliphatic heterocycles. The van der Waals surface area contributed by atoms with Gasteiger partial charge in [0.1, 0.15) is 11.8 Å². The Balaban J connectivity index is 2.99. The number of hydrogen-bond donors (Lipinski definition) is 1. The van der Waals surface area contributed by atoms with E-state index < -0.39 is 6.10 Å². The number of methoxy groups -OCH3 is 3. The quantitative estimate of drug-likeness (QED) is 0.793. The van der Waals surface area contributed by atoms with Crippen molar-refractivity contribution >= 4 is 0 Å². The van der Waals surface area contributed by atoms with Crippen LogP contribution in [0.3, 0.4) is 0 Å². The van der Waals surface area contributed by atoms with E-state index in [1.165, 1.54) is 20.4 Å². The van der Waals surface area contributed by atoms with E-state index in [1.54, 1.807) is 7.11 Å². The molecule has 1 heterocycles. The molecule has 102 valence electrons. The lowest BCUT2D eigenvalue weighted by molar-refractivity contribution is -0.0213. The fraction of sp³-hybridized carbons (Fsp3) is 0.667. The highest BCUT2D eigenvalue weighted by Gasteiger charge is 2.25. The van der Waals surface area contributed by atoms with Gasteiger partial charge < -0.3 is 19.3 Å². The van der Waals surface area contributed by atoms with Crippen LogP contribution in [0.25, 0.3) is 0 Å². The first kappa shape index (κ1) is 14.7. The molecule has 0 saturated heterocycles. The van der Waals surface area contributed by atoms with E-state index in [4.69, 9.17) is 14.2 Å². The molecule has 6 nitrogen and oxygen atoms in total. The van der Waals surface area contributed by atoms with E-state index in [-0.39, 0.29) is 12.0 Å². The Kier molecular flexibility index (Phi) is 5.80. The second-order valence-corrected chi connectivity index (χ2v) is 3.81. The van der Waals surface area contributed by atoms with Crippen LogP contribution < -0.4 is 9.47 Å². The SMILES string of the molecule is CCCC(OC)C(O)c1ncc(OC)nc1OC. The van der Waals surface area contributed by atoms with E-state index in [0.29, 0.717) is 11.6 Å². The molecule has 0 fully saturated rings. The van der Waals surface area contributed by atoms with E-state index in [2.05, 4.69) is 9.97 Å². The summed E-state index contributed by atoms with van der Waals surface area (Å²) < 4.78 is 15.3. The summed E-state index contributed by atoms with van der Waals surface area (Å²) in [7, 11) is 4.53. The third-order valence-corrected chi connectivity index (χ3v) is 2.66. The summed E-state index contributed by atoms with van der Waals surface area (Å²) in [4.78, 5) is 8.21. The summed E-state index contributed by atoms with van der Waals surface area (Å²) in [5.41, 5.74) is 0.360. The third-order valence-electron chi connectivity index (χ3n) is 2.66. The van der Waals surface area contributed by atoms with E-state index >= 15 is 0 Å². The van der Waals surface area contributed by atoms with Gasteiger partial charge in [0.25, 0.3) is 0 Å². The average Bonchev–Trinajstić information content (AvgIpc) is 2.43. The van der Waals surface area contributed by atoms with Crippen LogP contribution >= 0.6 is 0 Å². The summed E-state index contributed by atoms with van der Waals surface area (Å²) >= 11 is 0. The molecule has 0 saturated carbocycles. The molecule has 6 heteroatoms. The number of aromatic nitrogens is 2. The second-order valence-electron chi connectivity index (χ2n) is 3.81. The highest BCUT2D eigenvalue weighted by molar-refractivity contribution is 5.25. The van der Waals surface area contributed by atoms with Gasteiger partial charge in [-0.3, -0.25) is 0 Å². The van der Waals surface area contributed by atoms with Crippen LogP contribution in [0.1, 0.15) is 31.6 Å². The molecule has 0 radical (unpaired) electrons. The van der Waals surface area contributed by atoms with E-state index in [1.807, 2.05) is 6.92 Å². The Hall–Kier alpha value is -1.40. The van der Waals surface area contributed by atoms with Crippen LogP contribution in [-0.2, 0) is 4.74 Å². The minimum absolute atomic E-state index is 0.250. The van der Waals surface area contributed by atoms with Crippen LogP contribution in [0.4, 0.5) is 0 Å². The van der Waals surface area contributed by atoms with Crippen LogP contribution in [0, 0.1) is 0 Å².